The smallest absolute Gasteiger partial charge is 0.347 e. The fourth-order valence-corrected chi connectivity index (χ4v) is 2.70. The van der Waals surface area contributed by atoms with Gasteiger partial charge in [0.25, 0.3) is 11.8 Å². The molecule has 3 N–H and O–H groups in total. The lowest BCUT2D eigenvalue weighted by molar-refractivity contribution is -0.159. The van der Waals surface area contributed by atoms with Crippen molar-refractivity contribution in [1.82, 2.24) is 0 Å². The first-order chi connectivity index (χ1) is 12.3. The summed E-state index contributed by atoms with van der Waals surface area (Å²) < 4.78 is 23.3. The lowest BCUT2D eigenvalue weighted by Gasteiger charge is -2.17. The van der Waals surface area contributed by atoms with Gasteiger partial charge in [-0.15, -0.1) is 11.3 Å². The van der Waals surface area contributed by atoms with E-state index in [9.17, 15) is 18.8 Å². The molecular weight excluding hydrogens is 363 g/mol. The maximum Gasteiger partial charge on any atom is 0.347 e. The Morgan fingerprint density at radius 1 is 1.12 bits per heavy atom. The van der Waals surface area contributed by atoms with Crippen LogP contribution >= 0.6 is 11.3 Å². The number of carbonyl (C=O) groups excluding carboxylic acids is 3. The van der Waals surface area contributed by atoms with Crippen LogP contribution in [0, 0.1) is 5.82 Å². The fraction of sp³-hybridized carbons (Fsp3) is 0.235. The molecule has 1 heterocycles. The minimum Gasteiger partial charge on any atom is -0.479 e. The number of halogens is 1. The highest BCUT2D eigenvalue weighted by atomic mass is 32.1. The molecule has 1 aromatic heterocycles. The molecule has 7 nitrogen and oxygen atoms in total. The van der Waals surface area contributed by atoms with Gasteiger partial charge in [0.05, 0.1) is 5.56 Å². The van der Waals surface area contributed by atoms with Crippen LogP contribution in [0.25, 0.3) is 0 Å². The predicted molar refractivity (Wildman–Crippen MR) is 93.5 cm³/mol. The van der Waals surface area contributed by atoms with E-state index in [1.54, 1.807) is 5.38 Å². The number of amides is 2. The molecule has 0 spiro atoms. The van der Waals surface area contributed by atoms with Crippen LogP contribution in [0.2, 0.25) is 0 Å². The third-order valence-electron chi connectivity index (χ3n) is 3.29. The van der Waals surface area contributed by atoms with E-state index in [0.717, 1.165) is 11.3 Å². The van der Waals surface area contributed by atoms with E-state index in [1.807, 2.05) is 0 Å². The van der Waals surface area contributed by atoms with Crippen LogP contribution in [-0.4, -0.2) is 30.0 Å². The second kappa shape index (κ2) is 8.43. The maximum atomic E-state index is 12.9. The number of thiophene rings is 1. The number of nitrogens with two attached hydrogens (primary N) is 1. The Labute approximate surface area is 152 Å². The van der Waals surface area contributed by atoms with Gasteiger partial charge in [0.2, 0.25) is 0 Å². The van der Waals surface area contributed by atoms with Gasteiger partial charge in [-0.1, -0.05) is 0 Å². The molecule has 0 aliphatic carbocycles. The van der Waals surface area contributed by atoms with Crippen LogP contribution in [0.4, 0.5) is 9.39 Å². The quantitative estimate of drug-likeness (QED) is 0.717. The largest absolute Gasteiger partial charge is 0.479 e. The van der Waals surface area contributed by atoms with Crippen LogP contribution in [0.5, 0.6) is 5.75 Å². The first-order valence-corrected chi connectivity index (χ1v) is 8.46. The molecule has 26 heavy (non-hydrogen) atoms. The third kappa shape index (κ3) is 5.03. The van der Waals surface area contributed by atoms with Gasteiger partial charge >= 0.3 is 5.97 Å². The van der Waals surface area contributed by atoms with Crippen molar-refractivity contribution in [1.29, 1.82) is 0 Å². The number of esters is 1. The molecule has 0 saturated carbocycles. The summed E-state index contributed by atoms with van der Waals surface area (Å²) in [6.45, 7) is 2.83. The Balaban J connectivity index is 1.90. The Hall–Kier alpha value is -2.94. The van der Waals surface area contributed by atoms with Crippen LogP contribution < -0.4 is 15.8 Å². The average Bonchev–Trinajstić information content (AvgIpc) is 3.05. The SMILES string of the molecule is C[C@@H](OC(=O)[C@@H](C)Oc1ccc(F)cc1)C(=O)Nc1sccc1C(N)=O. The number of carbonyl (C=O) groups is 3. The van der Waals surface area contributed by atoms with Gasteiger partial charge in [-0.3, -0.25) is 9.59 Å². The first kappa shape index (κ1) is 19.4. The molecule has 0 radical (unpaired) electrons. The maximum absolute atomic E-state index is 12.9. The standard InChI is InChI=1S/C17H17FN2O5S/c1-9(15(22)20-16-13(14(19)21)7-8-26-16)25-17(23)10(2)24-12-5-3-11(18)4-6-12/h3-10H,1-2H3,(H2,19,21)(H,20,22)/t9-,10-/m1/s1. The number of rotatable bonds is 7. The van der Waals surface area contributed by atoms with Gasteiger partial charge in [-0.25, -0.2) is 9.18 Å². The second-order valence-corrected chi connectivity index (χ2v) is 6.23. The molecule has 9 heteroatoms. The van der Waals surface area contributed by atoms with Gasteiger partial charge < -0.3 is 20.5 Å². The molecule has 2 atom stereocenters. The fourth-order valence-electron chi connectivity index (χ4n) is 1.90. The number of hydrogen-bond acceptors (Lipinski definition) is 6. The summed E-state index contributed by atoms with van der Waals surface area (Å²) in [5.74, 6) is -2.19. The van der Waals surface area contributed by atoms with Crippen molar-refractivity contribution in [3.05, 3.63) is 47.1 Å². The van der Waals surface area contributed by atoms with Crippen LogP contribution in [0.15, 0.2) is 35.7 Å². The monoisotopic (exact) mass is 380 g/mol. The summed E-state index contributed by atoms with van der Waals surface area (Å²) in [6.07, 6.45) is -2.12. The summed E-state index contributed by atoms with van der Waals surface area (Å²) in [6, 6.07) is 6.62. The van der Waals surface area contributed by atoms with E-state index in [0.29, 0.717) is 0 Å². The van der Waals surface area contributed by atoms with Gasteiger partial charge in [-0.2, -0.15) is 0 Å². The molecular formula is C17H17FN2O5S. The highest BCUT2D eigenvalue weighted by Crippen LogP contribution is 2.23. The van der Waals surface area contributed by atoms with Crippen molar-refractivity contribution in [2.24, 2.45) is 5.73 Å². The number of nitrogens with one attached hydrogen (secondary N) is 1. The third-order valence-corrected chi connectivity index (χ3v) is 4.12. The molecule has 0 unspecified atom stereocenters. The molecule has 0 aliphatic heterocycles. The van der Waals surface area contributed by atoms with Crippen molar-refractivity contribution >= 4 is 34.1 Å². The second-order valence-electron chi connectivity index (χ2n) is 5.31. The van der Waals surface area contributed by atoms with Crippen molar-refractivity contribution in [2.75, 3.05) is 5.32 Å². The summed E-state index contributed by atoms with van der Waals surface area (Å²) in [5, 5.41) is 4.37. The highest BCUT2D eigenvalue weighted by molar-refractivity contribution is 7.14. The number of hydrogen-bond donors (Lipinski definition) is 2. The van der Waals surface area contributed by atoms with Gasteiger partial charge in [0, 0.05) is 0 Å². The van der Waals surface area contributed by atoms with E-state index in [4.69, 9.17) is 15.2 Å². The lowest BCUT2D eigenvalue weighted by Crippen LogP contribution is -2.35. The van der Waals surface area contributed by atoms with Crippen LogP contribution in [-0.2, 0) is 14.3 Å². The molecule has 2 aromatic rings. The molecule has 0 fully saturated rings. The zero-order valence-corrected chi connectivity index (χ0v) is 14.8. The molecule has 0 bridgehead atoms. The van der Waals surface area contributed by atoms with Crippen LogP contribution in [0.1, 0.15) is 24.2 Å². The minimum absolute atomic E-state index is 0.176. The van der Waals surface area contributed by atoms with Crippen molar-refractivity contribution in [3.8, 4) is 5.75 Å². The van der Waals surface area contributed by atoms with Gasteiger partial charge in [-0.05, 0) is 49.6 Å². The molecule has 0 aliphatic rings. The summed E-state index contributed by atoms with van der Waals surface area (Å²) in [4.78, 5) is 35.4. The molecule has 138 valence electrons. The summed E-state index contributed by atoms with van der Waals surface area (Å²) in [7, 11) is 0. The minimum atomic E-state index is -1.12. The predicted octanol–water partition coefficient (Wildman–Crippen LogP) is 2.32. The number of primary amides is 1. The van der Waals surface area contributed by atoms with E-state index in [1.165, 1.54) is 44.2 Å². The molecule has 2 amide bonds. The number of anilines is 1. The van der Waals surface area contributed by atoms with Crippen LogP contribution in [0.3, 0.4) is 0 Å². The normalized spacial score (nSPS) is 12.7. The highest BCUT2D eigenvalue weighted by Gasteiger charge is 2.24. The number of benzene rings is 1. The topological polar surface area (TPSA) is 108 Å². The number of ether oxygens (including phenoxy) is 2. The van der Waals surface area contributed by atoms with Crippen molar-refractivity contribution in [3.63, 3.8) is 0 Å². The molecule has 1 aromatic carbocycles. The Bertz CT molecular complexity index is 806. The first-order valence-electron chi connectivity index (χ1n) is 7.58. The zero-order valence-electron chi connectivity index (χ0n) is 14.0. The summed E-state index contributed by atoms with van der Waals surface area (Å²) >= 11 is 1.12. The zero-order chi connectivity index (χ0) is 19.3. The van der Waals surface area contributed by atoms with E-state index < -0.39 is 35.8 Å². The Morgan fingerprint density at radius 3 is 2.38 bits per heavy atom. The van der Waals surface area contributed by atoms with Crippen molar-refractivity contribution in [2.45, 2.75) is 26.1 Å². The Morgan fingerprint density at radius 2 is 1.77 bits per heavy atom. The van der Waals surface area contributed by atoms with Gasteiger partial charge in [0.15, 0.2) is 12.2 Å². The molecule has 2 rings (SSSR count). The van der Waals surface area contributed by atoms with Gasteiger partial charge in [0.1, 0.15) is 16.6 Å². The Kier molecular flexibility index (Phi) is 6.29. The van der Waals surface area contributed by atoms with E-state index in [-0.39, 0.29) is 16.3 Å². The van der Waals surface area contributed by atoms with E-state index >= 15 is 0 Å². The van der Waals surface area contributed by atoms with E-state index in [2.05, 4.69) is 5.32 Å². The molecule has 0 saturated heterocycles. The summed E-state index contributed by atoms with van der Waals surface area (Å²) in [5.41, 5.74) is 5.38. The van der Waals surface area contributed by atoms with Crippen molar-refractivity contribution < 1.29 is 28.2 Å². The lowest BCUT2D eigenvalue weighted by atomic mass is 10.3. The average molecular weight is 380 g/mol.